The number of aliphatic imine (C=N–C) groups is 1. The second-order valence-corrected chi connectivity index (χ2v) is 9.19. The normalized spacial score (nSPS) is 28.9. The first-order valence-corrected chi connectivity index (χ1v) is 11.6. The van der Waals surface area contributed by atoms with Crippen molar-refractivity contribution in [3.05, 3.63) is 12.8 Å². The minimum Gasteiger partial charge on any atom is -0.396 e. The zero-order valence-corrected chi connectivity index (χ0v) is 19.1. The van der Waals surface area contributed by atoms with Gasteiger partial charge in [0.05, 0.1) is 18.0 Å². The summed E-state index contributed by atoms with van der Waals surface area (Å²) in [7, 11) is 0. The van der Waals surface area contributed by atoms with Crippen molar-refractivity contribution in [1.82, 2.24) is 0 Å². The van der Waals surface area contributed by atoms with Gasteiger partial charge in [-0.25, -0.2) is 0 Å². The maximum Gasteiger partial charge on any atom is 0.140 e. The molecule has 1 fully saturated rings. The fourth-order valence-electron chi connectivity index (χ4n) is 3.59. The summed E-state index contributed by atoms with van der Waals surface area (Å²) in [6, 6.07) is 0. The predicted octanol–water partition coefficient (Wildman–Crippen LogP) is -0.902. The highest BCUT2D eigenvalue weighted by Crippen LogP contribution is 2.33. The monoisotopic (exact) mass is 459 g/mol. The van der Waals surface area contributed by atoms with Crippen LogP contribution in [0.3, 0.4) is 0 Å². The van der Waals surface area contributed by atoms with Gasteiger partial charge in [-0.05, 0) is 39.2 Å². The summed E-state index contributed by atoms with van der Waals surface area (Å²) < 4.78 is 0. The third-order valence-electron chi connectivity index (χ3n) is 5.67. The molecule has 0 heterocycles. The van der Waals surface area contributed by atoms with E-state index in [2.05, 4.69) is 4.99 Å². The summed E-state index contributed by atoms with van der Waals surface area (Å²) in [5.74, 6) is -0.983. The van der Waals surface area contributed by atoms with Crippen LogP contribution in [0, 0.1) is 30.6 Å². The van der Waals surface area contributed by atoms with Gasteiger partial charge in [0.15, 0.2) is 0 Å². The number of Topliss-reactive ketones (excluding diaryl/α,β-unsaturated/α-hetero) is 2. The van der Waals surface area contributed by atoms with E-state index in [1.165, 1.54) is 25.1 Å². The molecular weight excluding hydrogens is 422 g/mol. The van der Waals surface area contributed by atoms with E-state index in [9.17, 15) is 30.0 Å². The molecule has 2 radical (unpaired) electrons. The molecule has 0 amide bonds. The van der Waals surface area contributed by atoms with Crippen molar-refractivity contribution in [2.45, 2.75) is 56.7 Å². The number of aliphatic hydroxyl groups excluding tert-OH is 4. The number of hydrogen-bond donors (Lipinski definition) is 6. The van der Waals surface area contributed by atoms with Crippen molar-refractivity contribution in [1.29, 1.82) is 0 Å². The molecule has 0 aliphatic heterocycles. The summed E-state index contributed by atoms with van der Waals surface area (Å²) >= 11 is 1.29. The number of nitrogens with zero attached hydrogens (tertiary/aromatic N) is 1. The van der Waals surface area contributed by atoms with E-state index in [4.69, 9.17) is 11.5 Å². The van der Waals surface area contributed by atoms with Crippen LogP contribution in [0.1, 0.15) is 33.1 Å². The number of carbonyl (C=O) groups is 2. The molecule has 0 aromatic carbocycles. The molecule has 0 bridgehead atoms. The summed E-state index contributed by atoms with van der Waals surface area (Å²) in [6.07, 6.45) is 0.847. The average Bonchev–Trinajstić information content (AvgIpc) is 2.74. The summed E-state index contributed by atoms with van der Waals surface area (Å²) in [6.45, 7) is 3.61. The molecule has 31 heavy (non-hydrogen) atoms. The predicted molar refractivity (Wildman–Crippen MR) is 121 cm³/mol. The Labute approximate surface area is 188 Å². The van der Waals surface area contributed by atoms with Crippen LogP contribution in [-0.2, 0) is 9.59 Å². The second kappa shape index (κ2) is 14.2. The van der Waals surface area contributed by atoms with Gasteiger partial charge in [0, 0.05) is 42.6 Å². The zero-order chi connectivity index (χ0) is 23.6. The minimum atomic E-state index is -1.32. The Morgan fingerprint density at radius 3 is 2.39 bits per heavy atom. The van der Waals surface area contributed by atoms with Gasteiger partial charge in [0.25, 0.3) is 0 Å². The van der Waals surface area contributed by atoms with E-state index < -0.39 is 35.4 Å². The molecule has 1 aliphatic carbocycles. The summed E-state index contributed by atoms with van der Waals surface area (Å²) in [4.78, 5) is 28.5. The lowest BCUT2D eigenvalue weighted by Crippen LogP contribution is -2.53. The number of nitrogens with two attached hydrogens (primary N) is 2. The number of ketones is 2. The fourth-order valence-corrected chi connectivity index (χ4v) is 4.81. The molecule has 9 nitrogen and oxygen atoms in total. The van der Waals surface area contributed by atoms with E-state index in [-0.39, 0.29) is 30.6 Å². The van der Waals surface area contributed by atoms with Crippen LogP contribution < -0.4 is 11.5 Å². The Morgan fingerprint density at radius 2 is 1.84 bits per heavy atom. The lowest BCUT2D eigenvalue weighted by Gasteiger charge is -2.39. The first-order chi connectivity index (χ1) is 14.7. The minimum absolute atomic E-state index is 0.119. The van der Waals surface area contributed by atoms with Gasteiger partial charge in [-0.3, -0.25) is 14.6 Å². The maximum absolute atomic E-state index is 12.3. The van der Waals surface area contributed by atoms with E-state index in [0.29, 0.717) is 37.4 Å². The Bertz CT molecular complexity index is 604. The Morgan fingerprint density at radius 1 is 1.16 bits per heavy atom. The van der Waals surface area contributed by atoms with Crippen molar-refractivity contribution in [3.63, 3.8) is 0 Å². The topological polar surface area (TPSA) is 179 Å². The average molecular weight is 460 g/mol. The smallest absolute Gasteiger partial charge is 0.140 e. The fraction of sp³-hybridized carbons (Fsp3) is 0.762. The highest BCUT2D eigenvalue weighted by atomic mass is 32.2. The Balaban J connectivity index is 2.54. The first kappa shape index (κ1) is 28.0. The van der Waals surface area contributed by atoms with Crippen LogP contribution in [0.5, 0.6) is 0 Å². The molecule has 7 unspecified atom stereocenters. The molecule has 0 aromatic rings. The molecular formula is C21H37N3O6S. The molecule has 0 saturated heterocycles. The van der Waals surface area contributed by atoms with Crippen LogP contribution in [0.2, 0.25) is 0 Å². The second-order valence-electron chi connectivity index (χ2n) is 7.96. The van der Waals surface area contributed by atoms with Crippen LogP contribution in [-0.4, -0.2) is 86.8 Å². The van der Waals surface area contributed by atoms with Gasteiger partial charge in [-0.15, -0.1) is 11.8 Å². The van der Waals surface area contributed by atoms with Crippen LogP contribution in [0.25, 0.3) is 0 Å². The number of rotatable bonds is 14. The Kier molecular flexibility index (Phi) is 12.8. The zero-order valence-electron chi connectivity index (χ0n) is 18.3. The molecule has 8 N–H and O–H groups in total. The number of carbonyl (C=O) groups excluding carboxylic acids is 2. The molecule has 10 heteroatoms. The maximum atomic E-state index is 12.3. The van der Waals surface area contributed by atoms with Gasteiger partial charge >= 0.3 is 0 Å². The van der Waals surface area contributed by atoms with E-state index in [0.717, 1.165) is 0 Å². The quantitative estimate of drug-likeness (QED) is 0.142. The number of amidine groups is 1. The highest BCUT2D eigenvalue weighted by Gasteiger charge is 2.42. The van der Waals surface area contributed by atoms with Crippen molar-refractivity contribution >= 4 is 29.2 Å². The lowest BCUT2D eigenvalue weighted by atomic mass is 9.83. The van der Waals surface area contributed by atoms with Gasteiger partial charge in [0.1, 0.15) is 23.5 Å². The number of aliphatic hydroxyl groups is 4. The van der Waals surface area contributed by atoms with E-state index >= 15 is 0 Å². The van der Waals surface area contributed by atoms with E-state index in [1.54, 1.807) is 13.3 Å². The molecule has 0 spiro atoms. The number of hydrogen-bond acceptors (Lipinski definition) is 9. The largest absolute Gasteiger partial charge is 0.396 e. The first-order valence-electron chi connectivity index (χ1n) is 10.6. The van der Waals surface area contributed by atoms with E-state index in [1.807, 2.05) is 0 Å². The van der Waals surface area contributed by atoms with Gasteiger partial charge in [-0.2, -0.15) is 0 Å². The third kappa shape index (κ3) is 8.78. The van der Waals surface area contributed by atoms with Crippen LogP contribution >= 0.6 is 11.8 Å². The van der Waals surface area contributed by atoms with Gasteiger partial charge in [0.2, 0.25) is 0 Å². The molecule has 1 aliphatic rings. The molecule has 7 atom stereocenters. The summed E-state index contributed by atoms with van der Waals surface area (Å²) in [5, 5.41) is 38.9. The van der Waals surface area contributed by atoms with Crippen molar-refractivity contribution < 1.29 is 30.0 Å². The van der Waals surface area contributed by atoms with Crippen molar-refractivity contribution in [3.8, 4) is 0 Å². The van der Waals surface area contributed by atoms with Gasteiger partial charge < -0.3 is 31.9 Å². The van der Waals surface area contributed by atoms with Crippen LogP contribution in [0.15, 0.2) is 4.99 Å². The van der Waals surface area contributed by atoms with Crippen molar-refractivity contribution in [2.75, 3.05) is 25.4 Å². The molecule has 1 saturated carbocycles. The SMILES string of the molecule is C[CH]C(CCN)C(=O)[CH]C(CCN=C(N)CSC1CC(CO)C(O)C(O)C1O)C(C)=O. The number of thioether (sulfide) groups is 1. The molecule has 1 rings (SSSR count). The molecule has 0 aromatic heterocycles. The highest BCUT2D eigenvalue weighted by molar-refractivity contribution is 8.00. The van der Waals surface area contributed by atoms with Gasteiger partial charge in [-0.1, -0.05) is 6.92 Å². The Hall–Kier alpha value is -1.04. The lowest BCUT2D eigenvalue weighted by molar-refractivity contribution is -0.124. The summed E-state index contributed by atoms with van der Waals surface area (Å²) in [5.41, 5.74) is 11.5. The van der Waals surface area contributed by atoms with Crippen LogP contribution in [0.4, 0.5) is 0 Å². The molecule has 178 valence electrons. The third-order valence-corrected chi connectivity index (χ3v) is 7.03. The standard InChI is InChI=1S/C21H37N3O6S/c1-3-13(4-6-22)16(27)8-14(12(2)26)5-7-24-18(23)11-31-17-9-15(10-25)19(28)21(30)20(17)29/h3,8,13-15,17,19-21,25,28-30H,4-7,9-11,22H2,1-2H3,(H2,23,24). The van der Waals surface area contributed by atoms with Crippen molar-refractivity contribution in [2.24, 2.45) is 34.2 Å².